The van der Waals surface area contributed by atoms with Crippen molar-refractivity contribution in [3.8, 4) is 0 Å². The van der Waals surface area contributed by atoms with Gasteiger partial charge in [-0.25, -0.2) is 4.79 Å². The number of carbonyl (C=O) groups is 1. The van der Waals surface area contributed by atoms with Gasteiger partial charge in [-0.3, -0.25) is 4.98 Å². The molecule has 0 aliphatic carbocycles. The molecule has 2 amide bonds. The number of aromatic nitrogens is 4. The molecule has 2 aromatic heterocycles. The van der Waals surface area contributed by atoms with Crippen molar-refractivity contribution in [3.63, 3.8) is 0 Å². The van der Waals surface area contributed by atoms with Crippen LogP contribution in [-0.2, 0) is 13.1 Å². The van der Waals surface area contributed by atoms with E-state index in [9.17, 15) is 4.79 Å². The van der Waals surface area contributed by atoms with Crippen LogP contribution in [0.3, 0.4) is 0 Å². The maximum Gasteiger partial charge on any atom is 0.318 e. The molecule has 1 atom stereocenters. The van der Waals surface area contributed by atoms with Crippen LogP contribution < -0.4 is 5.32 Å². The minimum absolute atomic E-state index is 0.162. The number of hydrogen-bond donors (Lipinski definition) is 1. The standard InChI is InChI=1S/C22H28N6O/c1-16(2)28-15-24-26-21(28)18(4)25-22(29)27(13-19-10-6-5-7-11-19)14-20-17(3)9-8-12-23-20/h5-12,15-16,18H,13-14H2,1-4H3,(H,25,29)/t18-/m0/s1. The first-order chi connectivity index (χ1) is 14.0. The molecule has 0 saturated heterocycles. The van der Waals surface area contributed by atoms with Gasteiger partial charge in [0.25, 0.3) is 0 Å². The molecular formula is C22H28N6O. The van der Waals surface area contributed by atoms with Crippen molar-refractivity contribution >= 4 is 6.03 Å². The molecule has 0 saturated carbocycles. The lowest BCUT2D eigenvalue weighted by molar-refractivity contribution is 0.187. The third-order valence-electron chi connectivity index (χ3n) is 4.85. The predicted molar refractivity (Wildman–Crippen MR) is 112 cm³/mol. The van der Waals surface area contributed by atoms with Gasteiger partial charge in [0.15, 0.2) is 5.82 Å². The number of amides is 2. The number of benzene rings is 1. The summed E-state index contributed by atoms with van der Waals surface area (Å²) in [6.45, 7) is 8.98. The molecule has 152 valence electrons. The summed E-state index contributed by atoms with van der Waals surface area (Å²) in [5.41, 5.74) is 3.01. The summed E-state index contributed by atoms with van der Waals surface area (Å²) in [5, 5.41) is 11.3. The number of carbonyl (C=O) groups excluding carboxylic acids is 1. The summed E-state index contributed by atoms with van der Waals surface area (Å²) in [6, 6.07) is 13.7. The van der Waals surface area contributed by atoms with Gasteiger partial charge < -0.3 is 14.8 Å². The van der Waals surface area contributed by atoms with Gasteiger partial charge in [-0.05, 0) is 44.9 Å². The fourth-order valence-corrected chi connectivity index (χ4v) is 3.17. The van der Waals surface area contributed by atoms with E-state index in [-0.39, 0.29) is 18.1 Å². The average Bonchev–Trinajstić information content (AvgIpc) is 3.20. The Kier molecular flexibility index (Phi) is 6.59. The number of urea groups is 1. The molecule has 0 spiro atoms. The van der Waals surface area contributed by atoms with E-state index in [0.717, 1.165) is 22.6 Å². The lowest BCUT2D eigenvalue weighted by Crippen LogP contribution is -2.41. The average molecular weight is 393 g/mol. The van der Waals surface area contributed by atoms with Crippen molar-refractivity contribution in [3.05, 3.63) is 77.6 Å². The predicted octanol–water partition coefficient (Wildman–Crippen LogP) is 4.04. The van der Waals surface area contributed by atoms with Gasteiger partial charge in [0.2, 0.25) is 0 Å². The van der Waals surface area contributed by atoms with Crippen molar-refractivity contribution in [2.75, 3.05) is 0 Å². The molecule has 7 heteroatoms. The Morgan fingerprint density at radius 2 is 1.86 bits per heavy atom. The van der Waals surface area contributed by atoms with E-state index < -0.39 is 0 Å². The van der Waals surface area contributed by atoms with Crippen LogP contribution in [0.2, 0.25) is 0 Å². The third-order valence-corrected chi connectivity index (χ3v) is 4.85. The summed E-state index contributed by atoms with van der Waals surface area (Å²) in [4.78, 5) is 19.4. The van der Waals surface area contributed by atoms with E-state index >= 15 is 0 Å². The topological polar surface area (TPSA) is 75.9 Å². The SMILES string of the molecule is Cc1cccnc1CN(Cc1ccccc1)C(=O)N[C@@H](C)c1nncn1C(C)C. The highest BCUT2D eigenvalue weighted by Gasteiger charge is 2.22. The Bertz CT molecular complexity index is 937. The van der Waals surface area contributed by atoms with Crippen LogP contribution in [0.25, 0.3) is 0 Å². The van der Waals surface area contributed by atoms with E-state index in [2.05, 4.69) is 34.3 Å². The molecule has 1 N–H and O–H groups in total. The minimum atomic E-state index is -0.268. The molecular weight excluding hydrogens is 364 g/mol. The van der Waals surface area contributed by atoms with Crippen LogP contribution in [0.4, 0.5) is 4.79 Å². The van der Waals surface area contributed by atoms with Crippen LogP contribution in [0, 0.1) is 6.92 Å². The smallest absolute Gasteiger partial charge is 0.318 e. The fraction of sp³-hybridized carbons (Fsp3) is 0.364. The first kappa shape index (κ1) is 20.5. The Hall–Kier alpha value is -3.22. The second-order valence-corrected chi connectivity index (χ2v) is 7.47. The lowest BCUT2D eigenvalue weighted by Gasteiger charge is -2.26. The normalized spacial score (nSPS) is 12.0. The molecule has 3 rings (SSSR count). The number of nitrogens with one attached hydrogen (secondary N) is 1. The number of nitrogens with zero attached hydrogens (tertiary/aromatic N) is 5. The van der Waals surface area contributed by atoms with Gasteiger partial charge in [-0.15, -0.1) is 10.2 Å². The summed E-state index contributed by atoms with van der Waals surface area (Å²) < 4.78 is 1.97. The summed E-state index contributed by atoms with van der Waals surface area (Å²) in [5.74, 6) is 0.738. The molecule has 2 heterocycles. The first-order valence-corrected chi connectivity index (χ1v) is 9.85. The number of hydrogen-bond acceptors (Lipinski definition) is 4. The molecule has 0 radical (unpaired) electrons. The highest BCUT2D eigenvalue weighted by molar-refractivity contribution is 5.74. The van der Waals surface area contributed by atoms with E-state index in [0.29, 0.717) is 13.1 Å². The fourth-order valence-electron chi connectivity index (χ4n) is 3.17. The van der Waals surface area contributed by atoms with Crippen molar-refractivity contribution < 1.29 is 4.79 Å². The van der Waals surface area contributed by atoms with Crippen LogP contribution in [0.15, 0.2) is 55.0 Å². The molecule has 0 unspecified atom stereocenters. The number of pyridine rings is 1. The van der Waals surface area contributed by atoms with Gasteiger partial charge in [-0.2, -0.15) is 0 Å². The zero-order valence-corrected chi connectivity index (χ0v) is 17.4. The first-order valence-electron chi connectivity index (χ1n) is 9.85. The quantitative estimate of drug-likeness (QED) is 0.658. The number of aryl methyl sites for hydroxylation is 1. The van der Waals surface area contributed by atoms with Gasteiger partial charge >= 0.3 is 6.03 Å². The highest BCUT2D eigenvalue weighted by atomic mass is 16.2. The molecule has 0 aliphatic heterocycles. The molecule has 0 fully saturated rings. The third kappa shape index (κ3) is 5.19. The van der Waals surface area contributed by atoms with E-state index in [1.54, 1.807) is 17.4 Å². The highest BCUT2D eigenvalue weighted by Crippen LogP contribution is 2.16. The maximum atomic E-state index is 13.2. The number of rotatable bonds is 7. The Balaban J connectivity index is 1.79. The zero-order chi connectivity index (χ0) is 20.8. The van der Waals surface area contributed by atoms with Gasteiger partial charge in [-0.1, -0.05) is 36.4 Å². The lowest BCUT2D eigenvalue weighted by atomic mass is 10.2. The summed E-state index contributed by atoms with van der Waals surface area (Å²) in [7, 11) is 0. The van der Waals surface area contributed by atoms with Gasteiger partial charge in [0, 0.05) is 18.8 Å². The summed E-state index contributed by atoms with van der Waals surface area (Å²) in [6.07, 6.45) is 3.45. The maximum absolute atomic E-state index is 13.2. The van der Waals surface area contributed by atoms with Crippen LogP contribution in [0.5, 0.6) is 0 Å². The minimum Gasteiger partial charge on any atom is -0.328 e. The second-order valence-electron chi connectivity index (χ2n) is 7.47. The zero-order valence-electron chi connectivity index (χ0n) is 17.4. The van der Waals surface area contributed by atoms with Crippen molar-refractivity contribution in [2.45, 2.75) is 52.9 Å². The van der Waals surface area contributed by atoms with Crippen molar-refractivity contribution in [2.24, 2.45) is 0 Å². The Morgan fingerprint density at radius 1 is 1.10 bits per heavy atom. The molecule has 3 aromatic rings. The van der Waals surface area contributed by atoms with Crippen LogP contribution >= 0.6 is 0 Å². The molecule has 0 aliphatic rings. The van der Waals surface area contributed by atoms with Crippen molar-refractivity contribution in [1.82, 2.24) is 30.0 Å². The summed E-state index contributed by atoms with van der Waals surface area (Å²) >= 11 is 0. The van der Waals surface area contributed by atoms with E-state index in [1.807, 2.05) is 60.9 Å². The van der Waals surface area contributed by atoms with Crippen molar-refractivity contribution in [1.29, 1.82) is 0 Å². The Morgan fingerprint density at radius 3 is 2.55 bits per heavy atom. The molecule has 29 heavy (non-hydrogen) atoms. The van der Waals surface area contributed by atoms with E-state index in [1.165, 1.54) is 0 Å². The largest absolute Gasteiger partial charge is 0.328 e. The molecule has 7 nitrogen and oxygen atoms in total. The van der Waals surface area contributed by atoms with Gasteiger partial charge in [0.05, 0.1) is 18.3 Å². The molecule has 1 aromatic carbocycles. The second kappa shape index (κ2) is 9.32. The van der Waals surface area contributed by atoms with Crippen LogP contribution in [0.1, 0.15) is 55.5 Å². The van der Waals surface area contributed by atoms with Crippen LogP contribution in [-0.4, -0.2) is 30.7 Å². The monoisotopic (exact) mass is 392 g/mol. The Labute approximate surface area is 171 Å². The van der Waals surface area contributed by atoms with Gasteiger partial charge in [0.1, 0.15) is 6.33 Å². The molecule has 0 bridgehead atoms. The van der Waals surface area contributed by atoms with E-state index in [4.69, 9.17) is 0 Å².